The van der Waals surface area contributed by atoms with Crippen molar-refractivity contribution in [2.75, 3.05) is 11.9 Å². The highest BCUT2D eigenvalue weighted by atomic mass is 35.5. The smallest absolute Gasteiger partial charge is 0.435 e. The molecule has 0 aliphatic rings. The van der Waals surface area contributed by atoms with Crippen molar-refractivity contribution in [2.45, 2.75) is 31.8 Å². The summed E-state index contributed by atoms with van der Waals surface area (Å²) >= 11 is 7.07. The van der Waals surface area contributed by atoms with Gasteiger partial charge in [0, 0.05) is 11.1 Å². The maximum atomic E-state index is 13.5. The molecule has 0 bridgehead atoms. The monoisotopic (exact) mass is 758 g/mol. The SMILES string of the molecule is O=C(O)C[C@H](NC(=O)Cn1c(-c2cccs2)ncc(NC(=O)OCc2ccccc2)c1=O)C(=O)COc1cc(C(F)(F)F)nn1-c1ccc(Cl)cc1. The van der Waals surface area contributed by atoms with Crippen LogP contribution in [-0.2, 0) is 38.4 Å². The number of nitrogens with zero attached hydrogens (tertiary/aromatic N) is 4. The van der Waals surface area contributed by atoms with Gasteiger partial charge in [0.05, 0.1) is 23.2 Å². The van der Waals surface area contributed by atoms with Gasteiger partial charge in [-0.1, -0.05) is 48.0 Å². The van der Waals surface area contributed by atoms with E-state index in [4.69, 9.17) is 21.1 Å². The zero-order valence-electron chi connectivity index (χ0n) is 26.5. The molecular formula is C33H26ClF3N6O8S. The van der Waals surface area contributed by atoms with E-state index in [1.54, 1.807) is 47.8 Å². The van der Waals surface area contributed by atoms with Crippen LogP contribution in [0.3, 0.4) is 0 Å². The third kappa shape index (κ3) is 9.61. The van der Waals surface area contributed by atoms with Gasteiger partial charge in [-0.2, -0.15) is 18.3 Å². The van der Waals surface area contributed by atoms with Gasteiger partial charge in [-0.05, 0) is 41.3 Å². The van der Waals surface area contributed by atoms with Crippen LogP contribution < -0.4 is 20.9 Å². The molecule has 0 radical (unpaired) electrons. The molecule has 5 rings (SSSR count). The molecular weight excluding hydrogens is 733 g/mol. The Kier molecular flexibility index (Phi) is 11.7. The highest BCUT2D eigenvalue weighted by Gasteiger charge is 2.36. The summed E-state index contributed by atoms with van der Waals surface area (Å²) in [5.74, 6) is -4.00. The molecule has 0 aliphatic carbocycles. The number of ketones is 1. The number of halogens is 4. The molecule has 0 unspecified atom stereocenters. The van der Waals surface area contributed by atoms with Gasteiger partial charge in [0.1, 0.15) is 24.9 Å². The van der Waals surface area contributed by atoms with E-state index in [0.29, 0.717) is 21.5 Å². The van der Waals surface area contributed by atoms with Crippen LogP contribution in [0.25, 0.3) is 16.4 Å². The van der Waals surface area contributed by atoms with Crippen LogP contribution >= 0.6 is 22.9 Å². The third-order valence-electron chi connectivity index (χ3n) is 7.04. The van der Waals surface area contributed by atoms with Gasteiger partial charge in [0.25, 0.3) is 5.56 Å². The number of hydrogen-bond donors (Lipinski definition) is 3. The molecule has 52 heavy (non-hydrogen) atoms. The van der Waals surface area contributed by atoms with Crippen LogP contribution in [0.15, 0.2) is 89.2 Å². The molecule has 270 valence electrons. The number of anilines is 1. The molecule has 0 spiro atoms. The van der Waals surface area contributed by atoms with Gasteiger partial charge in [0.2, 0.25) is 11.8 Å². The minimum Gasteiger partial charge on any atom is -0.481 e. The van der Waals surface area contributed by atoms with E-state index in [2.05, 4.69) is 20.7 Å². The average molecular weight is 759 g/mol. The molecule has 0 fully saturated rings. The van der Waals surface area contributed by atoms with E-state index in [1.165, 1.54) is 35.6 Å². The number of carboxylic acid groups (broad SMARTS) is 1. The first kappa shape index (κ1) is 37.3. The van der Waals surface area contributed by atoms with E-state index in [1.807, 2.05) is 0 Å². The number of carbonyl (C=O) groups is 4. The second-order valence-corrected chi connectivity index (χ2v) is 12.2. The highest BCUT2D eigenvalue weighted by Crippen LogP contribution is 2.32. The Labute approximate surface area is 300 Å². The Morgan fingerprint density at radius 1 is 1.02 bits per heavy atom. The predicted octanol–water partition coefficient (Wildman–Crippen LogP) is 5.19. The van der Waals surface area contributed by atoms with Crippen LogP contribution in [0.5, 0.6) is 5.88 Å². The van der Waals surface area contributed by atoms with E-state index >= 15 is 0 Å². The lowest BCUT2D eigenvalue weighted by molar-refractivity contribution is -0.141. The fourth-order valence-corrected chi connectivity index (χ4v) is 5.47. The first-order chi connectivity index (χ1) is 24.8. The predicted molar refractivity (Wildman–Crippen MR) is 180 cm³/mol. The number of carboxylic acids is 1. The largest absolute Gasteiger partial charge is 0.481 e. The van der Waals surface area contributed by atoms with Crippen LogP contribution in [0.4, 0.5) is 23.7 Å². The van der Waals surface area contributed by atoms with Crippen LogP contribution in [0, 0.1) is 0 Å². The Balaban J connectivity index is 1.33. The Morgan fingerprint density at radius 3 is 2.40 bits per heavy atom. The normalized spacial score (nSPS) is 11.8. The van der Waals surface area contributed by atoms with Crippen molar-refractivity contribution in [3.05, 3.63) is 111 Å². The minimum atomic E-state index is -4.87. The summed E-state index contributed by atoms with van der Waals surface area (Å²) in [6.07, 6.45) is -5.70. The lowest BCUT2D eigenvalue weighted by Gasteiger charge is -2.18. The summed E-state index contributed by atoms with van der Waals surface area (Å²) < 4.78 is 52.7. The molecule has 3 aromatic heterocycles. The van der Waals surface area contributed by atoms with Crippen molar-refractivity contribution in [3.8, 4) is 22.3 Å². The lowest BCUT2D eigenvalue weighted by atomic mass is 10.1. The summed E-state index contributed by atoms with van der Waals surface area (Å²) in [4.78, 5) is 68.8. The zero-order chi connectivity index (χ0) is 37.4. The van der Waals surface area contributed by atoms with Crippen molar-refractivity contribution in [1.29, 1.82) is 0 Å². The van der Waals surface area contributed by atoms with Gasteiger partial charge in [-0.15, -0.1) is 11.3 Å². The molecule has 0 saturated carbocycles. The van der Waals surface area contributed by atoms with E-state index < -0.39 is 72.7 Å². The van der Waals surface area contributed by atoms with Crippen LogP contribution in [0.1, 0.15) is 17.7 Å². The first-order valence-electron chi connectivity index (χ1n) is 15.0. The zero-order valence-corrected chi connectivity index (χ0v) is 28.1. The number of nitrogens with one attached hydrogen (secondary N) is 2. The van der Waals surface area contributed by atoms with Crippen molar-refractivity contribution >= 4 is 52.4 Å². The summed E-state index contributed by atoms with van der Waals surface area (Å²) in [5, 5.41) is 19.5. The van der Waals surface area contributed by atoms with Crippen LogP contribution in [0.2, 0.25) is 5.02 Å². The molecule has 14 nitrogen and oxygen atoms in total. The van der Waals surface area contributed by atoms with Gasteiger partial charge in [0.15, 0.2) is 23.9 Å². The maximum Gasteiger partial charge on any atom is 0.435 e. The number of aliphatic carboxylic acids is 1. The van der Waals surface area contributed by atoms with Crippen LogP contribution in [-0.4, -0.2) is 60.8 Å². The number of rotatable bonds is 14. The fraction of sp³-hybridized carbons (Fsp3) is 0.182. The second-order valence-electron chi connectivity index (χ2n) is 10.8. The lowest BCUT2D eigenvalue weighted by Crippen LogP contribution is -2.46. The number of aromatic nitrogens is 4. The topological polar surface area (TPSA) is 184 Å². The maximum absolute atomic E-state index is 13.5. The molecule has 3 heterocycles. The molecule has 2 aromatic carbocycles. The summed E-state index contributed by atoms with van der Waals surface area (Å²) in [6.45, 7) is -1.85. The van der Waals surface area contributed by atoms with Crippen molar-refractivity contribution in [2.24, 2.45) is 0 Å². The number of ether oxygens (including phenoxy) is 2. The minimum absolute atomic E-state index is 0.0266. The third-order valence-corrected chi connectivity index (χ3v) is 8.16. The van der Waals surface area contributed by atoms with Crippen molar-refractivity contribution < 1.29 is 46.9 Å². The molecule has 3 N–H and O–H groups in total. The molecule has 5 aromatic rings. The molecule has 0 aliphatic heterocycles. The Bertz CT molecular complexity index is 2120. The summed E-state index contributed by atoms with van der Waals surface area (Å²) in [6, 6.07) is 16.4. The van der Waals surface area contributed by atoms with Crippen molar-refractivity contribution in [3.63, 3.8) is 0 Å². The number of hydrogen-bond acceptors (Lipinski definition) is 10. The molecule has 0 saturated heterocycles. The highest BCUT2D eigenvalue weighted by molar-refractivity contribution is 7.13. The molecule has 1 atom stereocenters. The standard InChI is InChI=1S/C33H26ClF3N6O8S/c34-20-8-10-21(11-9-20)43-28(14-26(41-43)33(35,36)37)50-18-24(44)22(13-29(46)47)39-27(45)16-42-30(25-7-4-12-52-25)38-15-23(31(42)48)40-32(49)51-17-19-5-2-1-3-6-19/h1-12,14-15,22H,13,16-18H2,(H,39,45)(H,40,49)(H,46,47)/t22-/m0/s1. The number of Topliss-reactive ketones (excluding diaryl/α,β-unsaturated/α-hetero) is 1. The Hall–Kier alpha value is -6.01. The van der Waals surface area contributed by atoms with E-state index in [-0.39, 0.29) is 23.8 Å². The van der Waals surface area contributed by atoms with Gasteiger partial charge >= 0.3 is 18.2 Å². The van der Waals surface area contributed by atoms with Gasteiger partial charge in [-0.3, -0.25) is 29.1 Å². The summed E-state index contributed by atoms with van der Waals surface area (Å²) in [5.41, 5.74) is -1.74. The number of carbonyl (C=O) groups excluding carboxylic acids is 3. The molecule has 19 heteroatoms. The second kappa shape index (κ2) is 16.3. The number of thiophene rings is 1. The first-order valence-corrected chi connectivity index (χ1v) is 16.3. The average Bonchev–Trinajstić information content (AvgIpc) is 3.80. The van der Waals surface area contributed by atoms with E-state index in [0.717, 1.165) is 15.4 Å². The quantitative estimate of drug-likeness (QED) is 0.136. The number of alkyl halides is 3. The Morgan fingerprint density at radius 2 is 1.75 bits per heavy atom. The fourth-order valence-electron chi connectivity index (χ4n) is 4.62. The van der Waals surface area contributed by atoms with E-state index in [9.17, 15) is 42.3 Å². The van der Waals surface area contributed by atoms with Gasteiger partial charge < -0.3 is 19.9 Å². The van der Waals surface area contributed by atoms with Crippen molar-refractivity contribution in [1.82, 2.24) is 24.6 Å². The van der Waals surface area contributed by atoms with Gasteiger partial charge in [-0.25, -0.2) is 14.5 Å². The molecule has 2 amide bonds. The number of amides is 2. The summed E-state index contributed by atoms with van der Waals surface area (Å²) in [7, 11) is 0. The number of benzene rings is 2.